The number of carbonyl (C=O) groups excluding carboxylic acids is 1. The molecule has 1 unspecified atom stereocenters. The topological polar surface area (TPSA) is 101 Å². The van der Waals surface area contributed by atoms with E-state index in [0.717, 1.165) is 0 Å². The van der Waals surface area contributed by atoms with E-state index in [1.807, 2.05) is 0 Å². The van der Waals surface area contributed by atoms with E-state index < -0.39 is 0 Å². The maximum Gasteiger partial charge on any atom is 0.257 e. The van der Waals surface area contributed by atoms with Gasteiger partial charge in [-0.2, -0.15) is 0 Å². The van der Waals surface area contributed by atoms with Crippen LogP contribution in [-0.2, 0) is 0 Å². The second-order valence-electron chi connectivity index (χ2n) is 4.19. The Morgan fingerprint density at radius 1 is 1.68 bits per heavy atom. The normalized spacial score (nSPS) is 12.9. The fourth-order valence-corrected chi connectivity index (χ4v) is 1.61. The van der Waals surface area contributed by atoms with E-state index in [1.54, 1.807) is 20.0 Å². The lowest BCUT2D eigenvalue weighted by Crippen LogP contribution is -2.36. The molecule has 1 aromatic rings. The first-order valence-electron chi connectivity index (χ1n) is 5.72. The van der Waals surface area contributed by atoms with Gasteiger partial charge in [-0.1, -0.05) is 12.1 Å². The van der Waals surface area contributed by atoms with Gasteiger partial charge in [0.2, 0.25) is 0 Å². The molecule has 1 atom stereocenters. The highest BCUT2D eigenvalue weighted by Crippen LogP contribution is 2.17. The number of ether oxygens (including phenoxy) is 1. The van der Waals surface area contributed by atoms with E-state index in [0.29, 0.717) is 17.9 Å². The van der Waals surface area contributed by atoms with Crippen LogP contribution in [0.2, 0.25) is 0 Å². The molecule has 19 heavy (non-hydrogen) atoms. The minimum atomic E-state index is -0.244. The summed E-state index contributed by atoms with van der Waals surface area (Å²) in [5.41, 5.74) is 5.91. The van der Waals surface area contributed by atoms with Crippen LogP contribution in [-0.4, -0.2) is 47.5 Å². The summed E-state index contributed by atoms with van der Waals surface area (Å²) in [5.74, 6) is 0.0424. The smallest absolute Gasteiger partial charge is 0.257 e. The molecule has 0 spiro atoms. The Morgan fingerprint density at radius 3 is 2.95 bits per heavy atom. The molecule has 0 bridgehead atoms. The van der Waals surface area contributed by atoms with E-state index in [2.05, 4.69) is 10.1 Å². The van der Waals surface area contributed by atoms with Crippen LogP contribution in [0.15, 0.2) is 23.6 Å². The average molecular weight is 266 g/mol. The number of methoxy groups -OCH3 is 1. The second kappa shape index (κ2) is 6.58. The number of aromatic nitrogens is 1. The molecule has 1 heterocycles. The van der Waals surface area contributed by atoms with Gasteiger partial charge in [0.1, 0.15) is 11.6 Å². The van der Waals surface area contributed by atoms with Gasteiger partial charge in [0, 0.05) is 25.7 Å². The molecule has 3 N–H and O–H groups in total. The number of oxime groups is 1. The van der Waals surface area contributed by atoms with Crippen LogP contribution in [0, 0.1) is 5.92 Å². The summed E-state index contributed by atoms with van der Waals surface area (Å²) in [5, 5.41) is 11.5. The van der Waals surface area contributed by atoms with E-state index in [9.17, 15) is 4.79 Å². The van der Waals surface area contributed by atoms with Gasteiger partial charge in [-0.15, -0.1) is 0 Å². The second-order valence-corrected chi connectivity index (χ2v) is 4.19. The van der Waals surface area contributed by atoms with Crippen molar-refractivity contribution in [3.8, 4) is 5.75 Å². The first-order chi connectivity index (χ1) is 9.01. The van der Waals surface area contributed by atoms with Crippen molar-refractivity contribution < 1.29 is 14.7 Å². The zero-order valence-corrected chi connectivity index (χ0v) is 11.2. The Balaban J connectivity index is 2.82. The minimum absolute atomic E-state index is 0.0846. The van der Waals surface area contributed by atoms with Crippen LogP contribution >= 0.6 is 0 Å². The SMILES string of the molecule is COc1cnccc1C(=O)N(C)CC(C)/C(N)=N/O. The monoisotopic (exact) mass is 266 g/mol. The zero-order chi connectivity index (χ0) is 14.4. The predicted octanol–water partition coefficient (Wildman–Crippen LogP) is 0.545. The predicted molar refractivity (Wildman–Crippen MR) is 70.3 cm³/mol. The van der Waals surface area contributed by atoms with Gasteiger partial charge in [0.25, 0.3) is 5.91 Å². The number of carbonyl (C=O) groups is 1. The maximum absolute atomic E-state index is 12.2. The quantitative estimate of drug-likeness (QED) is 0.350. The standard InChI is InChI=1S/C12H18N4O3/c1-8(11(13)15-18)7-16(2)12(17)9-4-5-14-6-10(9)19-3/h4-6,8,18H,7H2,1-3H3,(H2,13,15). The molecule has 7 heteroatoms. The number of nitrogens with two attached hydrogens (primary N) is 1. The lowest BCUT2D eigenvalue weighted by Gasteiger charge is -2.21. The fraction of sp³-hybridized carbons (Fsp3) is 0.417. The third-order valence-corrected chi connectivity index (χ3v) is 2.75. The van der Waals surface area contributed by atoms with Crippen LogP contribution in [0.4, 0.5) is 0 Å². The first-order valence-corrected chi connectivity index (χ1v) is 5.72. The Labute approximate surface area is 111 Å². The molecule has 0 fully saturated rings. The number of hydrogen-bond acceptors (Lipinski definition) is 5. The number of amidine groups is 1. The molecule has 0 saturated heterocycles. The summed E-state index contributed by atoms with van der Waals surface area (Å²) in [6.45, 7) is 2.10. The summed E-state index contributed by atoms with van der Waals surface area (Å²) < 4.78 is 5.09. The average Bonchev–Trinajstić information content (AvgIpc) is 2.45. The largest absolute Gasteiger partial charge is 0.494 e. The molecule has 1 amide bonds. The van der Waals surface area contributed by atoms with E-state index >= 15 is 0 Å². The van der Waals surface area contributed by atoms with Gasteiger partial charge in [-0.25, -0.2) is 0 Å². The molecule has 1 rings (SSSR count). The van der Waals surface area contributed by atoms with Crippen molar-refractivity contribution in [1.82, 2.24) is 9.88 Å². The van der Waals surface area contributed by atoms with Crippen molar-refractivity contribution in [2.75, 3.05) is 20.7 Å². The van der Waals surface area contributed by atoms with E-state index in [4.69, 9.17) is 15.7 Å². The Bertz CT molecular complexity index is 476. The molecular weight excluding hydrogens is 248 g/mol. The number of rotatable bonds is 5. The van der Waals surface area contributed by atoms with Gasteiger partial charge < -0.3 is 20.6 Å². The maximum atomic E-state index is 12.2. The van der Waals surface area contributed by atoms with Gasteiger partial charge in [-0.3, -0.25) is 9.78 Å². The Hall–Kier alpha value is -2.31. The summed E-state index contributed by atoms with van der Waals surface area (Å²) in [7, 11) is 3.12. The van der Waals surface area contributed by atoms with Crippen molar-refractivity contribution >= 4 is 11.7 Å². The van der Waals surface area contributed by atoms with Crippen molar-refractivity contribution in [2.24, 2.45) is 16.8 Å². The Kier molecular flexibility index (Phi) is 5.11. The van der Waals surface area contributed by atoms with Crippen LogP contribution in [0.1, 0.15) is 17.3 Å². The molecule has 104 valence electrons. The van der Waals surface area contributed by atoms with E-state index in [1.165, 1.54) is 24.4 Å². The highest BCUT2D eigenvalue weighted by Gasteiger charge is 2.19. The molecule has 0 saturated carbocycles. The van der Waals surface area contributed by atoms with Gasteiger partial charge >= 0.3 is 0 Å². The summed E-state index contributed by atoms with van der Waals surface area (Å²) in [6.07, 6.45) is 3.00. The molecule has 0 aliphatic rings. The molecule has 0 aliphatic heterocycles. The summed E-state index contributed by atoms with van der Waals surface area (Å²) in [4.78, 5) is 17.6. The van der Waals surface area contributed by atoms with Crippen LogP contribution < -0.4 is 10.5 Å². The number of amides is 1. The van der Waals surface area contributed by atoms with Gasteiger partial charge in [-0.05, 0) is 6.07 Å². The van der Waals surface area contributed by atoms with Crippen molar-refractivity contribution in [2.45, 2.75) is 6.92 Å². The van der Waals surface area contributed by atoms with Crippen molar-refractivity contribution in [3.63, 3.8) is 0 Å². The van der Waals surface area contributed by atoms with Gasteiger partial charge in [0.05, 0.1) is 18.9 Å². The number of pyridine rings is 1. The van der Waals surface area contributed by atoms with Crippen molar-refractivity contribution in [1.29, 1.82) is 0 Å². The summed E-state index contributed by atoms with van der Waals surface area (Å²) >= 11 is 0. The lowest BCUT2D eigenvalue weighted by molar-refractivity contribution is 0.0782. The molecule has 0 aliphatic carbocycles. The summed E-state index contributed by atoms with van der Waals surface area (Å²) in [6, 6.07) is 1.59. The fourth-order valence-electron chi connectivity index (χ4n) is 1.61. The van der Waals surface area contributed by atoms with Crippen LogP contribution in [0.3, 0.4) is 0 Å². The first kappa shape index (κ1) is 14.7. The van der Waals surface area contributed by atoms with Crippen LogP contribution in [0.5, 0.6) is 5.75 Å². The van der Waals surface area contributed by atoms with Crippen LogP contribution in [0.25, 0.3) is 0 Å². The lowest BCUT2D eigenvalue weighted by atomic mass is 10.1. The zero-order valence-electron chi connectivity index (χ0n) is 11.2. The number of hydrogen-bond donors (Lipinski definition) is 2. The van der Waals surface area contributed by atoms with E-state index in [-0.39, 0.29) is 17.7 Å². The van der Waals surface area contributed by atoms with Crippen molar-refractivity contribution in [3.05, 3.63) is 24.0 Å². The highest BCUT2D eigenvalue weighted by atomic mass is 16.5. The van der Waals surface area contributed by atoms with Gasteiger partial charge in [0.15, 0.2) is 0 Å². The molecule has 1 aromatic heterocycles. The third-order valence-electron chi connectivity index (χ3n) is 2.75. The molecule has 7 nitrogen and oxygen atoms in total. The molecule has 0 radical (unpaired) electrons. The number of nitrogens with zero attached hydrogens (tertiary/aromatic N) is 3. The molecular formula is C12H18N4O3. The molecule has 0 aromatic carbocycles. The Morgan fingerprint density at radius 2 is 2.37 bits per heavy atom. The highest BCUT2D eigenvalue weighted by molar-refractivity contribution is 5.97. The minimum Gasteiger partial charge on any atom is -0.494 e. The third kappa shape index (κ3) is 3.57.